The van der Waals surface area contributed by atoms with Gasteiger partial charge in [-0.05, 0) is 54.1 Å². The monoisotopic (exact) mass is 619 g/mol. The number of halogens is 6. The summed E-state index contributed by atoms with van der Waals surface area (Å²) >= 11 is 31.2. The SMILES string of the molecule is COCN(O)c1cc(F)ccc1NC(=O)c1cc(NC(=O)C2C(c3cc(Cl)cc(Cl)c3)C2(Cl)Cl)ccc1Cl. The van der Waals surface area contributed by atoms with Crippen molar-refractivity contribution < 1.29 is 23.9 Å². The molecule has 0 spiro atoms. The lowest BCUT2D eigenvalue weighted by atomic mass is 10.1. The zero-order valence-corrected chi connectivity index (χ0v) is 23.2. The van der Waals surface area contributed by atoms with Gasteiger partial charge in [0.15, 0.2) is 0 Å². The molecule has 38 heavy (non-hydrogen) atoms. The van der Waals surface area contributed by atoms with Crippen LogP contribution in [0.3, 0.4) is 0 Å². The molecule has 0 heterocycles. The Morgan fingerprint density at radius 1 is 1.03 bits per heavy atom. The first-order chi connectivity index (χ1) is 17.9. The van der Waals surface area contributed by atoms with Crippen molar-refractivity contribution >= 4 is 86.9 Å². The van der Waals surface area contributed by atoms with Gasteiger partial charge in [-0.15, -0.1) is 23.2 Å². The molecule has 1 fully saturated rings. The summed E-state index contributed by atoms with van der Waals surface area (Å²) in [6.45, 7) is -0.277. The summed E-state index contributed by atoms with van der Waals surface area (Å²) in [6, 6.07) is 12.5. The number of alkyl halides is 2. The summed E-state index contributed by atoms with van der Waals surface area (Å²) < 4.78 is 17.2. The van der Waals surface area contributed by atoms with Crippen molar-refractivity contribution in [2.75, 3.05) is 29.5 Å². The number of rotatable bonds is 8. The number of amides is 2. The molecular formula is C25H19Cl5FN3O4. The minimum atomic E-state index is -1.39. The second kappa shape index (κ2) is 11.4. The van der Waals surface area contributed by atoms with Crippen molar-refractivity contribution in [3.05, 3.63) is 86.6 Å². The largest absolute Gasteiger partial charge is 0.362 e. The van der Waals surface area contributed by atoms with E-state index in [2.05, 4.69) is 10.6 Å². The third-order valence-electron chi connectivity index (χ3n) is 5.80. The number of carbonyl (C=O) groups is 2. The van der Waals surface area contributed by atoms with Crippen LogP contribution < -0.4 is 15.7 Å². The average Bonchev–Trinajstić information content (AvgIpc) is 3.43. The lowest BCUT2D eigenvalue weighted by Gasteiger charge is -2.20. The maximum absolute atomic E-state index is 13.8. The molecule has 0 saturated heterocycles. The van der Waals surface area contributed by atoms with E-state index in [4.69, 9.17) is 62.7 Å². The molecule has 7 nitrogen and oxygen atoms in total. The normalized spacial score (nSPS) is 17.6. The number of methoxy groups -OCH3 is 1. The summed E-state index contributed by atoms with van der Waals surface area (Å²) in [5.74, 6) is -3.16. The predicted octanol–water partition coefficient (Wildman–Crippen LogP) is 7.36. The van der Waals surface area contributed by atoms with E-state index >= 15 is 0 Å². The number of benzene rings is 3. The predicted molar refractivity (Wildman–Crippen MR) is 148 cm³/mol. The Kier molecular flexibility index (Phi) is 8.64. The van der Waals surface area contributed by atoms with Gasteiger partial charge in [-0.1, -0.05) is 34.8 Å². The number of hydrogen-bond donors (Lipinski definition) is 3. The fraction of sp³-hybridized carbons (Fsp3) is 0.200. The Bertz CT molecular complexity index is 1390. The minimum absolute atomic E-state index is 0.00736. The highest BCUT2D eigenvalue weighted by atomic mass is 35.5. The van der Waals surface area contributed by atoms with Crippen molar-refractivity contribution in [3.63, 3.8) is 0 Å². The molecule has 0 aromatic heterocycles. The molecule has 1 aliphatic rings. The Hall–Kier alpha value is -2.30. The summed E-state index contributed by atoms with van der Waals surface area (Å²) in [4.78, 5) is 26.1. The Morgan fingerprint density at radius 2 is 1.71 bits per heavy atom. The number of hydrogen-bond acceptors (Lipinski definition) is 5. The van der Waals surface area contributed by atoms with Gasteiger partial charge in [-0.3, -0.25) is 14.8 Å². The molecule has 13 heteroatoms. The molecule has 2 unspecified atom stereocenters. The number of hydroxylamine groups is 1. The van der Waals surface area contributed by atoms with Crippen LogP contribution in [0.15, 0.2) is 54.6 Å². The van der Waals surface area contributed by atoms with Gasteiger partial charge in [-0.25, -0.2) is 9.45 Å². The number of nitrogens with zero attached hydrogens (tertiary/aromatic N) is 1. The van der Waals surface area contributed by atoms with Gasteiger partial charge in [0.1, 0.15) is 16.9 Å². The molecule has 200 valence electrons. The molecule has 3 aromatic rings. The van der Waals surface area contributed by atoms with Gasteiger partial charge in [0, 0.05) is 34.8 Å². The molecule has 0 aliphatic heterocycles. The van der Waals surface area contributed by atoms with E-state index in [0.29, 0.717) is 20.7 Å². The van der Waals surface area contributed by atoms with Crippen LogP contribution in [0.4, 0.5) is 21.5 Å². The van der Waals surface area contributed by atoms with Crippen molar-refractivity contribution in [3.8, 4) is 0 Å². The first-order valence-corrected chi connectivity index (χ1v) is 12.8. The summed E-state index contributed by atoms with van der Waals surface area (Å²) in [5.41, 5.74) is 0.933. The third kappa shape index (κ3) is 6.13. The van der Waals surface area contributed by atoms with E-state index in [-0.39, 0.29) is 34.4 Å². The maximum atomic E-state index is 13.8. The maximum Gasteiger partial charge on any atom is 0.257 e. The molecule has 0 radical (unpaired) electrons. The highest BCUT2D eigenvalue weighted by Gasteiger charge is 2.67. The zero-order chi connectivity index (χ0) is 27.8. The van der Waals surface area contributed by atoms with E-state index < -0.39 is 33.8 Å². The van der Waals surface area contributed by atoms with E-state index in [1.807, 2.05) is 0 Å². The van der Waals surface area contributed by atoms with E-state index in [0.717, 1.165) is 12.1 Å². The molecule has 2 atom stereocenters. The number of anilines is 3. The lowest BCUT2D eigenvalue weighted by molar-refractivity contribution is -0.117. The van der Waals surface area contributed by atoms with E-state index in [9.17, 15) is 19.2 Å². The van der Waals surface area contributed by atoms with Crippen LogP contribution in [0.25, 0.3) is 0 Å². The molecule has 3 N–H and O–H groups in total. The van der Waals surface area contributed by atoms with E-state index in [1.54, 1.807) is 18.2 Å². The molecule has 2 amide bonds. The van der Waals surface area contributed by atoms with Crippen LogP contribution in [0.2, 0.25) is 15.1 Å². The van der Waals surface area contributed by atoms with Gasteiger partial charge in [0.05, 0.1) is 27.9 Å². The van der Waals surface area contributed by atoms with Crippen molar-refractivity contribution in [2.45, 2.75) is 10.3 Å². The molecule has 4 rings (SSSR count). The van der Waals surface area contributed by atoms with Crippen molar-refractivity contribution in [2.24, 2.45) is 5.92 Å². The van der Waals surface area contributed by atoms with Crippen LogP contribution in [0.1, 0.15) is 21.8 Å². The van der Waals surface area contributed by atoms with Gasteiger partial charge in [0.25, 0.3) is 5.91 Å². The van der Waals surface area contributed by atoms with Crippen LogP contribution >= 0.6 is 58.0 Å². The van der Waals surface area contributed by atoms with Gasteiger partial charge < -0.3 is 15.4 Å². The van der Waals surface area contributed by atoms with Gasteiger partial charge >= 0.3 is 0 Å². The zero-order valence-electron chi connectivity index (χ0n) is 19.4. The summed E-state index contributed by atoms with van der Waals surface area (Å²) in [6.07, 6.45) is 0. The van der Waals surface area contributed by atoms with Crippen molar-refractivity contribution in [1.29, 1.82) is 0 Å². The highest BCUT2D eigenvalue weighted by molar-refractivity contribution is 6.53. The van der Waals surface area contributed by atoms with Crippen molar-refractivity contribution in [1.82, 2.24) is 0 Å². The lowest BCUT2D eigenvalue weighted by Crippen LogP contribution is -2.23. The number of carbonyl (C=O) groups excluding carboxylic acids is 2. The van der Waals surface area contributed by atoms with Crippen LogP contribution in [0, 0.1) is 11.7 Å². The fourth-order valence-corrected chi connectivity index (χ4v) is 5.60. The van der Waals surface area contributed by atoms with Gasteiger partial charge in [0.2, 0.25) is 5.91 Å². The third-order valence-corrected chi connectivity index (χ3v) is 7.50. The molecule has 0 bridgehead atoms. The Morgan fingerprint density at radius 3 is 2.37 bits per heavy atom. The smallest absolute Gasteiger partial charge is 0.257 e. The summed E-state index contributed by atoms with van der Waals surface area (Å²) in [7, 11) is 1.34. The summed E-state index contributed by atoms with van der Waals surface area (Å²) in [5, 5.41) is 16.9. The quantitative estimate of drug-likeness (QED) is 0.139. The first kappa shape index (κ1) is 28.7. The second-order valence-electron chi connectivity index (χ2n) is 8.45. The Balaban J connectivity index is 1.52. The molecular weight excluding hydrogens is 603 g/mol. The first-order valence-electron chi connectivity index (χ1n) is 10.9. The topological polar surface area (TPSA) is 90.9 Å². The van der Waals surface area contributed by atoms with Crippen LogP contribution in [0.5, 0.6) is 0 Å². The molecule has 1 saturated carbocycles. The standard InChI is InChI=1S/C25H19Cl5FN3O4/c1-38-11-34(37)20-9-15(31)2-5-19(20)33-23(35)17-10-16(3-4-18(17)28)32-24(36)22-21(25(22,29)30)12-6-13(26)8-14(27)7-12/h2-10,21-22,37H,11H2,1H3,(H,32,36)(H,33,35). The highest BCUT2D eigenvalue weighted by Crippen LogP contribution is 2.65. The number of ether oxygens (including phenoxy) is 1. The second-order valence-corrected chi connectivity index (χ2v) is 11.2. The van der Waals surface area contributed by atoms with Gasteiger partial charge in [-0.2, -0.15) is 0 Å². The van der Waals surface area contributed by atoms with Crippen LogP contribution in [-0.4, -0.2) is 35.2 Å². The minimum Gasteiger partial charge on any atom is -0.362 e. The molecule has 1 aliphatic carbocycles. The molecule has 3 aromatic carbocycles. The fourth-order valence-electron chi connectivity index (χ4n) is 4.02. The van der Waals surface area contributed by atoms with E-state index in [1.165, 1.54) is 31.4 Å². The Labute approximate surface area is 242 Å². The number of nitrogens with one attached hydrogen (secondary N) is 2. The van der Waals surface area contributed by atoms with Crippen LogP contribution in [-0.2, 0) is 9.53 Å². The average molecular weight is 622 g/mol.